The molecule has 0 spiro atoms. The molecular weight excluding hydrogens is 280 g/mol. The minimum Gasteiger partial charge on any atom is -0.396 e. The normalized spacial score (nSPS) is 17.3. The molecule has 0 aromatic rings. The molecule has 0 radical (unpaired) electrons. The summed E-state index contributed by atoms with van der Waals surface area (Å²) in [5.41, 5.74) is -0.0333. The van der Waals surface area contributed by atoms with Crippen molar-refractivity contribution in [3.05, 3.63) is 0 Å². The molecule has 4 nitrogen and oxygen atoms in total. The Morgan fingerprint density at radius 3 is 1.82 bits per heavy atom. The molecule has 0 saturated carbocycles. The maximum absolute atomic E-state index is 9.96. The van der Waals surface area contributed by atoms with Gasteiger partial charge in [-0.2, -0.15) is 0 Å². The molecule has 0 saturated heterocycles. The lowest BCUT2D eigenvalue weighted by Gasteiger charge is -2.26. The van der Waals surface area contributed by atoms with Crippen molar-refractivity contribution in [3.8, 4) is 0 Å². The van der Waals surface area contributed by atoms with Crippen molar-refractivity contribution < 1.29 is 20.4 Å². The summed E-state index contributed by atoms with van der Waals surface area (Å²) >= 11 is 0. The van der Waals surface area contributed by atoms with E-state index >= 15 is 0 Å². The van der Waals surface area contributed by atoms with E-state index in [1.165, 1.54) is 0 Å². The predicted molar refractivity (Wildman–Crippen MR) is 90.7 cm³/mol. The smallest absolute Gasteiger partial charge is 0.0570 e. The van der Waals surface area contributed by atoms with Crippen LogP contribution < -0.4 is 0 Å². The number of rotatable bonds is 11. The zero-order chi connectivity index (χ0) is 17.4. The third-order valence-electron chi connectivity index (χ3n) is 4.06. The van der Waals surface area contributed by atoms with Crippen LogP contribution in [0.1, 0.15) is 79.6 Å². The van der Waals surface area contributed by atoms with E-state index < -0.39 is 12.2 Å². The van der Waals surface area contributed by atoms with Gasteiger partial charge in [-0.15, -0.1) is 0 Å². The van der Waals surface area contributed by atoms with E-state index in [0.717, 1.165) is 19.3 Å². The standard InChI is InChI=1S/C18H38O4/c1-17(2,3)10-6-7-14(20)8-9-15(21)11-16(22)12-18(4,5)13-19/h14-16,19-22H,6-13H2,1-5H3. The molecule has 0 aromatic heterocycles. The van der Waals surface area contributed by atoms with E-state index in [2.05, 4.69) is 20.8 Å². The Bertz CT molecular complexity index is 283. The molecule has 0 aliphatic heterocycles. The van der Waals surface area contributed by atoms with Crippen molar-refractivity contribution in [3.63, 3.8) is 0 Å². The minimum atomic E-state index is -0.616. The van der Waals surface area contributed by atoms with Gasteiger partial charge in [0.05, 0.1) is 18.3 Å². The van der Waals surface area contributed by atoms with Crippen LogP contribution >= 0.6 is 0 Å². The number of hydrogen-bond acceptors (Lipinski definition) is 4. The number of aliphatic hydroxyl groups excluding tert-OH is 4. The second-order valence-electron chi connectivity index (χ2n) is 8.75. The van der Waals surface area contributed by atoms with Crippen LogP contribution in [-0.4, -0.2) is 45.3 Å². The first-order valence-corrected chi connectivity index (χ1v) is 8.60. The van der Waals surface area contributed by atoms with Crippen molar-refractivity contribution in [2.75, 3.05) is 6.61 Å². The van der Waals surface area contributed by atoms with E-state index in [9.17, 15) is 20.4 Å². The Hall–Kier alpha value is -0.160. The van der Waals surface area contributed by atoms with Gasteiger partial charge in [0.1, 0.15) is 0 Å². The Labute approximate surface area is 136 Å². The zero-order valence-electron chi connectivity index (χ0n) is 15.2. The Balaban J connectivity index is 3.86. The van der Waals surface area contributed by atoms with E-state index in [4.69, 9.17) is 0 Å². The molecule has 0 aliphatic carbocycles. The van der Waals surface area contributed by atoms with E-state index in [1.807, 2.05) is 13.8 Å². The summed E-state index contributed by atoms with van der Waals surface area (Å²) in [4.78, 5) is 0. The first-order chi connectivity index (χ1) is 9.95. The third kappa shape index (κ3) is 12.4. The first kappa shape index (κ1) is 21.8. The monoisotopic (exact) mass is 318 g/mol. The van der Waals surface area contributed by atoms with Crippen LogP contribution in [0.25, 0.3) is 0 Å². The van der Waals surface area contributed by atoms with Crippen molar-refractivity contribution in [1.82, 2.24) is 0 Å². The molecule has 0 heterocycles. The van der Waals surface area contributed by atoms with Gasteiger partial charge < -0.3 is 20.4 Å². The highest BCUT2D eigenvalue weighted by molar-refractivity contribution is 4.75. The van der Waals surface area contributed by atoms with Gasteiger partial charge in [-0.3, -0.25) is 0 Å². The quantitative estimate of drug-likeness (QED) is 0.472. The molecule has 3 atom stereocenters. The van der Waals surface area contributed by atoms with Crippen LogP contribution in [0, 0.1) is 10.8 Å². The lowest BCUT2D eigenvalue weighted by Crippen LogP contribution is -2.27. The second kappa shape index (κ2) is 9.86. The molecule has 0 aromatic carbocycles. The molecule has 0 rings (SSSR count). The molecule has 4 N–H and O–H groups in total. The van der Waals surface area contributed by atoms with Gasteiger partial charge in [0, 0.05) is 6.61 Å². The minimum absolute atomic E-state index is 0.0205. The van der Waals surface area contributed by atoms with Gasteiger partial charge in [0.15, 0.2) is 0 Å². The number of aliphatic hydroxyl groups is 4. The third-order valence-corrected chi connectivity index (χ3v) is 4.06. The summed E-state index contributed by atoms with van der Waals surface area (Å²) in [7, 11) is 0. The fraction of sp³-hybridized carbons (Fsp3) is 1.00. The molecule has 4 heteroatoms. The summed E-state index contributed by atoms with van der Waals surface area (Å²) in [6.07, 6.45) is 3.11. The summed E-state index contributed by atoms with van der Waals surface area (Å²) in [5.74, 6) is 0. The maximum Gasteiger partial charge on any atom is 0.0570 e. The molecule has 0 bridgehead atoms. The lowest BCUT2D eigenvalue weighted by atomic mass is 9.85. The summed E-state index contributed by atoms with van der Waals surface area (Å²) < 4.78 is 0. The highest BCUT2D eigenvalue weighted by atomic mass is 16.3. The molecule has 22 heavy (non-hydrogen) atoms. The molecule has 134 valence electrons. The van der Waals surface area contributed by atoms with Gasteiger partial charge in [0.25, 0.3) is 0 Å². The highest BCUT2D eigenvalue weighted by Gasteiger charge is 2.23. The van der Waals surface area contributed by atoms with Crippen LogP contribution in [0.4, 0.5) is 0 Å². The van der Waals surface area contributed by atoms with Gasteiger partial charge in [-0.25, -0.2) is 0 Å². The SMILES string of the molecule is CC(C)(C)CCCC(O)CCC(O)CC(O)CC(C)(C)CO. The average molecular weight is 318 g/mol. The maximum atomic E-state index is 9.96. The van der Waals surface area contributed by atoms with Crippen molar-refractivity contribution in [2.45, 2.75) is 97.9 Å². The zero-order valence-corrected chi connectivity index (χ0v) is 15.2. The van der Waals surface area contributed by atoms with Crippen molar-refractivity contribution in [2.24, 2.45) is 10.8 Å². The first-order valence-electron chi connectivity index (χ1n) is 8.60. The fourth-order valence-corrected chi connectivity index (χ4v) is 2.61. The van der Waals surface area contributed by atoms with Crippen LogP contribution in [0.5, 0.6) is 0 Å². The molecule has 0 amide bonds. The molecule has 0 aliphatic rings. The Morgan fingerprint density at radius 1 is 0.773 bits per heavy atom. The van der Waals surface area contributed by atoms with Crippen LogP contribution in [0.2, 0.25) is 0 Å². The second-order valence-corrected chi connectivity index (χ2v) is 8.75. The van der Waals surface area contributed by atoms with Gasteiger partial charge in [-0.1, -0.05) is 41.0 Å². The van der Waals surface area contributed by atoms with Crippen LogP contribution in [0.3, 0.4) is 0 Å². The highest BCUT2D eigenvalue weighted by Crippen LogP contribution is 2.25. The largest absolute Gasteiger partial charge is 0.396 e. The van der Waals surface area contributed by atoms with Crippen LogP contribution in [0.15, 0.2) is 0 Å². The topological polar surface area (TPSA) is 80.9 Å². The van der Waals surface area contributed by atoms with Gasteiger partial charge in [-0.05, 0) is 49.4 Å². The van der Waals surface area contributed by atoms with Crippen molar-refractivity contribution in [1.29, 1.82) is 0 Å². The lowest BCUT2D eigenvalue weighted by molar-refractivity contribution is 0.0259. The van der Waals surface area contributed by atoms with Gasteiger partial charge >= 0.3 is 0 Å². The number of hydrogen-bond donors (Lipinski definition) is 4. The molecule has 0 fully saturated rings. The van der Waals surface area contributed by atoms with Crippen molar-refractivity contribution >= 4 is 0 Å². The predicted octanol–water partition coefficient (Wildman–Crippen LogP) is 2.86. The summed E-state index contributed by atoms with van der Waals surface area (Å²) in [6.45, 7) is 10.4. The van der Waals surface area contributed by atoms with E-state index in [0.29, 0.717) is 31.1 Å². The van der Waals surface area contributed by atoms with Crippen LogP contribution in [-0.2, 0) is 0 Å². The Morgan fingerprint density at radius 2 is 1.32 bits per heavy atom. The summed E-state index contributed by atoms with van der Waals surface area (Å²) in [6, 6.07) is 0. The molecular formula is C18H38O4. The average Bonchev–Trinajstić information content (AvgIpc) is 2.34. The van der Waals surface area contributed by atoms with E-state index in [1.54, 1.807) is 0 Å². The Kier molecular flexibility index (Phi) is 9.79. The van der Waals surface area contributed by atoms with E-state index in [-0.39, 0.29) is 18.1 Å². The molecule has 3 unspecified atom stereocenters. The summed E-state index contributed by atoms with van der Waals surface area (Å²) in [5, 5.41) is 39.0. The fourth-order valence-electron chi connectivity index (χ4n) is 2.61. The van der Waals surface area contributed by atoms with Gasteiger partial charge in [0.2, 0.25) is 0 Å².